The first kappa shape index (κ1) is 18.7. The molecular formula is C10H12N2O9PS2+. The first-order chi connectivity index (χ1) is 11.3. The molecule has 132 valence electrons. The second kappa shape index (κ2) is 7.98. The molecule has 0 aliphatic heterocycles. The van der Waals surface area contributed by atoms with Crippen LogP contribution in [0.1, 0.15) is 0 Å². The fourth-order valence-corrected chi connectivity index (χ4v) is 3.51. The molecule has 2 heterocycles. The lowest BCUT2D eigenvalue weighted by Gasteiger charge is -2.00. The molecule has 0 aromatic carbocycles. The van der Waals surface area contributed by atoms with Crippen molar-refractivity contribution < 1.29 is 39.3 Å². The lowest BCUT2D eigenvalue weighted by molar-refractivity contribution is 0.221. The molecule has 2 N–H and O–H groups in total. The van der Waals surface area contributed by atoms with E-state index >= 15 is 0 Å². The van der Waals surface area contributed by atoms with E-state index in [9.17, 15) is 21.4 Å². The van der Waals surface area contributed by atoms with Crippen LogP contribution in [0.4, 0.5) is 0 Å². The van der Waals surface area contributed by atoms with Crippen LogP contribution in [0.3, 0.4) is 0 Å². The maximum absolute atomic E-state index is 11.7. The number of furan rings is 2. The molecule has 0 aliphatic rings. The largest absolute Gasteiger partial charge is 0.700 e. The van der Waals surface area contributed by atoms with E-state index in [0.29, 0.717) is 0 Å². The van der Waals surface area contributed by atoms with Crippen LogP contribution < -0.4 is 9.44 Å². The fraction of sp³-hybridized carbons (Fsp3) is 0.200. The SMILES string of the molecule is O=[P+](OCNS(=O)(=O)c1ccoc1)OCNS(=O)(=O)c1ccoc1. The van der Waals surface area contributed by atoms with Gasteiger partial charge in [-0.2, -0.15) is 9.44 Å². The Morgan fingerprint density at radius 2 is 1.29 bits per heavy atom. The fourth-order valence-electron chi connectivity index (χ4n) is 1.33. The van der Waals surface area contributed by atoms with E-state index in [1.807, 2.05) is 9.44 Å². The van der Waals surface area contributed by atoms with Crippen LogP contribution in [0.2, 0.25) is 0 Å². The highest BCUT2D eigenvalue weighted by Gasteiger charge is 2.25. The molecule has 2 aromatic rings. The topological polar surface area (TPSA) is 154 Å². The molecule has 2 aromatic heterocycles. The molecule has 2 rings (SSSR count). The molecule has 0 aliphatic carbocycles. The predicted octanol–water partition coefficient (Wildman–Crippen LogP) is 0.735. The van der Waals surface area contributed by atoms with Crippen LogP contribution in [0.5, 0.6) is 0 Å². The van der Waals surface area contributed by atoms with Crippen molar-refractivity contribution in [1.82, 2.24) is 9.44 Å². The Labute approximate surface area is 138 Å². The van der Waals surface area contributed by atoms with Gasteiger partial charge in [-0.1, -0.05) is 0 Å². The summed E-state index contributed by atoms with van der Waals surface area (Å²) in [7, 11) is -10.5. The minimum Gasteiger partial charge on any atom is -0.471 e. The van der Waals surface area contributed by atoms with Crippen molar-refractivity contribution in [3.05, 3.63) is 37.2 Å². The number of hydrogen-bond donors (Lipinski definition) is 2. The van der Waals surface area contributed by atoms with Gasteiger partial charge < -0.3 is 8.83 Å². The third-order valence-electron chi connectivity index (χ3n) is 2.45. The lowest BCUT2D eigenvalue weighted by Crippen LogP contribution is -2.26. The summed E-state index contributed by atoms with van der Waals surface area (Å²) in [5.74, 6) is 0. The minimum absolute atomic E-state index is 0.130. The predicted molar refractivity (Wildman–Crippen MR) is 77.6 cm³/mol. The zero-order valence-electron chi connectivity index (χ0n) is 11.8. The Morgan fingerprint density at radius 3 is 1.62 bits per heavy atom. The van der Waals surface area contributed by atoms with E-state index in [1.54, 1.807) is 0 Å². The summed E-state index contributed by atoms with van der Waals surface area (Å²) in [5.41, 5.74) is 0. The third-order valence-corrected chi connectivity index (χ3v) is 5.83. The van der Waals surface area contributed by atoms with Gasteiger partial charge in [-0.3, -0.25) is 0 Å². The maximum Gasteiger partial charge on any atom is 0.700 e. The summed E-state index contributed by atoms with van der Waals surface area (Å²) in [6.45, 7) is -1.28. The molecule has 0 radical (unpaired) electrons. The molecule has 11 nitrogen and oxygen atoms in total. The Morgan fingerprint density at radius 1 is 0.875 bits per heavy atom. The number of sulfonamides is 2. The monoisotopic (exact) mass is 399 g/mol. The van der Waals surface area contributed by atoms with E-state index < -0.39 is 41.8 Å². The quantitative estimate of drug-likeness (QED) is 0.435. The zero-order chi connectivity index (χ0) is 17.6. The summed E-state index contributed by atoms with van der Waals surface area (Å²) in [5, 5.41) is 0. The minimum atomic E-state index is -3.86. The molecule has 14 heteroatoms. The zero-order valence-corrected chi connectivity index (χ0v) is 14.3. The highest BCUT2D eigenvalue weighted by atomic mass is 32.2. The van der Waals surface area contributed by atoms with Crippen molar-refractivity contribution in [2.75, 3.05) is 13.5 Å². The van der Waals surface area contributed by atoms with E-state index in [-0.39, 0.29) is 9.79 Å². The van der Waals surface area contributed by atoms with Crippen molar-refractivity contribution in [2.24, 2.45) is 0 Å². The first-order valence-corrected chi connectivity index (χ1v) is 10.1. The molecule has 24 heavy (non-hydrogen) atoms. The van der Waals surface area contributed by atoms with Crippen LogP contribution in [0, 0.1) is 0 Å². The van der Waals surface area contributed by atoms with Gasteiger partial charge in [-0.05, 0) is 12.1 Å². The smallest absolute Gasteiger partial charge is 0.471 e. The van der Waals surface area contributed by atoms with Gasteiger partial charge in [-0.15, -0.1) is 9.05 Å². The van der Waals surface area contributed by atoms with Crippen molar-refractivity contribution in [2.45, 2.75) is 9.79 Å². The van der Waals surface area contributed by atoms with Crippen LogP contribution in [0.15, 0.2) is 55.8 Å². The Bertz CT molecular complexity index is 787. The second-order valence-corrected chi connectivity index (χ2v) is 8.48. The van der Waals surface area contributed by atoms with E-state index in [2.05, 4.69) is 17.9 Å². The van der Waals surface area contributed by atoms with Crippen molar-refractivity contribution >= 4 is 28.3 Å². The van der Waals surface area contributed by atoms with E-state index in [0.717, 1.165) is 12.5 Å². The van der Waals surface area contributed by atoms with Gasteiger partial charge in [0.15, 0.2) is 13.5 Å². The van der Waals surface area contributed by atoms with Gasteiger partial charge in [-0.25, -0.2) is 16.8 Å². The van der Waals surface area contributed by atoms with Gasteiger partial charge in [0, 0.05) is 4.57 Å². The maximum atomic E-state index is 11.7. The Hall–Kier alpha value is -1.60. The van der Waals surface area contributed by atoms with E-state index in [4.69, 9.17) is 0 Å². The molecular weight excluding hydrogens is 387 g/mol. The summed E-state index contributed by atoms with van der Waals surface area (Å²) >= 11 is 0. The summed E-state index contributed by atoms with van der Waals surface area (Å²) < 4.78 is 80.5. The third kappa shape index (κ3) is 5.21. The van der Waals surface area contributed by atoms with Gasteiger partial charge >= 0.3 is 8.25 Å². The second-order valence-electron chi connectivity index (χ2n) is 3.98. The molecule has 0 unspecified atom stereocenters. The number of rotatable bonds is 10. The van der Waals surface area contributed by atoms with E-state index in [1.165, 1.54) is 24.7 Å². The first-order valence-electron chi connectivity index (χ1n) is 6.08. The summed E-state index contributed by atoms with van der Waals surface area (Å²) in [4.78, 5) is -0.259. The van der Waals surface area contributed by atoms with Crippen molar-refractivity contribution in [3.63, 3.8) is 0 Å². The number of hydrogen-bond acceptors (Lipinski definition) is 9. The molecule has 0 amide bonds. The molecule has 0 atom stereocenters. The standard InChI is InChI=1S/C10H12N2O9PS2/c13-22(20-7-11-23(14,15)9-1-3-18-5-9)21-8-12-24(16,17)10-2-4-19-6-10/h1-6,11-12H,7-8H2/q+1. The normalized spacial score (nSPS) is 12.3. The number of nitrogens with one attached hydrogen (secondary N) is 2. The van der Waals surface area contributed by atoms with Gasteiger partial charge in [0.2, 0.25) is 20.0 Å². The average Bonchev–Trinajstić information content (AvgIpc) is 3.21. The molecule has 0 spiro atoms. The highest BCUT2D eigenvalue weighted by Crippen LogP contribution is 2.22. The van der Waals surface area contributed by atoms with Crippen molar-refractivity contribution in [3.8, 4) is 0 Å². The molecule has 0 bridgehead atoms. The van der Waals surface area contributed by atoms with Crippen LogP contribution in [-0.4, -0.2) is 30.3 Å². The van der Waals surface area contributed by atoms with Gasteiger partial charge in [0.25, 0.3) is 0 Å². The Kier molecular flexibility index (Phi) is 6.23. The summed E-state index contributed by atoms with van der Waals surface area (Å²) in [6.07, 6.45) is 4.35. The van der Waals surface area contributed by atoms with Gasteiger partial charge in [0.05, 0.1) is 12.5 Å². The average molecular weight is 399 g/mol. The van der Waals surface area contributed by atoms with Crippen LogP contribution in [-0.2, 0) is 33.7 Å². The lowest BCUT2D eigenvalue weighted by atomic mass is 10.7. The highest BCUT2D eigenvalue weighted by molar-refractivity contribution is 7.89. The van der Waals surface area contributed by atoms with Gasteiger partial charge in [0.1, 0.15) is 22.3 Å². The molecule has 0 saturated carbocycles. The molecule has 0 fully saturated rings. The van der Waals surface area contributed by atoms with Crippen LogP contribution in [0.25, 0.3) is 0 Å². The summed E-state index contributed by atoms with van der Waals surface area (Å²) in [6, 6.07) is 2.42. The molecule has 0 saturated heterocycles. The Balaban J connectivity index is 1.71. The van der Waals surface area contributed by atoms with Crippen LogP contribution >= 0.6 is 8.25 Å². The van der Waals surface area contributed by atoms with Crippen molar-refractivity contribution in [1.29, 1.82) is 0 Å².